The highest BCUT2D eigenvalue weighted by Gasteiger charge is 2.14. The molecule has 1 aliphatic carbocycles. The van der Waals surface area contributed by atoms with Crippen molar-refractivity contribution in [1.29, 1.82) is 0 Å². The van der Waals surface area contributed by atoms with Crippen LogP contribution in [0.3, 0.4) is 0 Å². The molecule has 0 spiro atoms. The number of nitrogens with one attached hydrogen (secondary N) is 2. The minimum Gasteiger partial charge on any atom is -0.492 e. The van der Waals surface area contributed by atoms with Crippen molar-refractivity contribution in [3.63, 3.8) is 0 Å². The second kappa shape index (κ2) is 7.62. The number of nitrogen functional groups attached to an aromatic ring is 1. The van der Waals surface area contributed by atoms with Crippen LogP contribution < -0.4 is 21.1 Å². The van der Waals surface area contributed by atoms with Crippen LogP contribution in [0.2, 0.25) is 0 Å². The van der Waals surface area contributed by atoms with Gasteiger partial charge < -0.3 is 21.1 Å². The van der Waals surface area contributed by atoms with Gasteiger partial charge in [-0.05, 0) is 37.1 Å². The molecule has 2 rings (SSSR count). The molecule has 0 radical (unpaired) electrons. The number of anilines is 1. The molecule has 110 valence electrons. The topological polar surface area (TPSA) is 76.4 Å². The van der Waals surface area contributed by atoms with Crippen molar-refractivity contribution in [3.05, 3.63) is 24.3 Å². The van der Waals surface area contributed by atoms with Gasteiger partial charge in [-0.3, -0.25) is 0 Å². The molecular weight excluding hydrogens is 254 g/mol. The van der Waals surface area contributed by atoms with Gasteiger partial charge >= 0.3 is 6.03 Å². The van der Waals surface area contributed by atoms with E-state index in [2.05, 4.69) is 10.6 Å². The Bertz CT molecular complexity index is 414. The zero-order valence-electron chi connectivity index (χ0n) is 11.7. The van der Waals surface area contributed by atoms with Gasteiger partial charge in [0.2, 0.25) is 0 Å². The van der Waals surface area contributed by atoms with Crippen LogP contribution in [0, 0.1) is 0 Å². The molecule has 0 saturated heterocycles. The highest BCUT2D eigenvalue weighted by Crippen LogP contribution is 2.17. The number of hydrogen-bond acceptors (Lipinski definition) is 3. The molecule has 2 amide bonds. The number of urea groups is 1. The predicted molar refractivity (Wildman–Crippen MR) is 79.8 cm³/mol. The number of nitrogens with two attached hydrogens (primary N) is 1. The van der Waals surface area contributed by atoms with Crippen molar-refractivity contribution in [2.45, 2.75) is 38.1 Å². The monoisotopic (exact) mass is 277 g/mol. The number of carbonyl (C=O) groups is 1. The number of amides is 2. The maximum atomic E-state index is 11.7. The molecule has 1 aromatic rings. The van der Waals surface area contributed by atoms with Crippen LogP contribution in [-0.2, 0) is 0 Å². The first kappa shape index (κ1) is 14.5. The largest absolute Gasteiger partial charge is 0.492 e. The molecule has 1 saturated carbocycles. The van der Waals surface area contributed by atoms with Crippen LogP contribution in [0.15, 0.2) is 24.3 Å². The SMILES string of the molecule is Nc1ccc(OCCNC(=O)NC2CCCCC2)cc1. The Morgan fingerprint density at radius 2 is 1.90 bits per heavy atom. The molecule has 0 unspecified atom stereocenters. The average Bonchev–Trinajstić information content (AvgIpc) is 2.46. The van der Waals surface area contributed by atoms with Gasteiger partial charge in [0.05, 0.1) is 6.54 Å². The Balaban J connectivity index is 1.58. The minimum atomic E-state index is -0.0993. The Morgan fingerprint density at radius 1 is 1.20 bits per heavy atom. The summed E-state index contributed by atoms with van der Waals surface area (Å²) in [7, 11) is 0. The molecule has 1 aliphatic rings. The van der Waals surface area contributed by atoms with Gasteiger partial charge in [-0.15, -0.1) is 0 Å². The van der Waals surface area contributed by atoms with E-state index in [1.165, 1.54) is 19.3 Å². The molecule has 0 atom stereocenters. The summed E-state index contributed by atoms with van der Waals surface area (Å²) in [4.78, 5) is 11.7. The summed E-state index contributed by atoms with van der Waals surface area (Å²) in [6, 6.07) is 7.45. The van der Waals surface area contributed by atoms with Crippen LogP contribution >= 0.6 is 0 Å². The molecular formula is C15H23N3O2. The van der Waals surface area contributed by atoms with E-state index in [1.54, 1.807) is 12.1 Å². The summed E-state index contributed by atoms with van der Waals surface area (Å²) in [5.74, 6) is 0.758. The molecule has 0 bridgehead atoms. The smallest absolute Gasteiger partial charge is 0.315 e. The number of carbonyl (C=O) groups excluding carboxylic acids is 1. The van der Waals surface area contributed by atoms with Crippen LogP contribution in [-0.4, -0.2) is 25.2 Å². The summed E-state index contributed by atoms with van der Waals surface area (Å²) in [6.07, 6.45) is 5.90. The van der Waals surface area contributed by atoms with E-state index in [4.69, 9.17) is 10.5 Å². The summed E-state index contributed by atoms with van der Waals surface area (Å²) in [5, 5.41) is 5.81. The number of benzene rings is 1. The molecule has 5 nitrogen and oxygen atoms in total. The third-order valence-electron chi connectivity index (χ3n) is 3.48. The van der Waals surface area contributed by atoms with Gasteiger partial charge in [-0.25, -0.2) is 4.79 Å². The van der Waals surface area contributed by atoms with Crippen molar-refractivity contribution in [1.82, 2.24) is 10.6 Å². The fourth-order valence-electron chi connectivity index (χ4n) is 2.38. The average molecular weight is 277 g/mol. The van der Waals surface area contributed by atoms with Crippen LogP contribution in [0.1, 0.15) is 32.1 Å². The van der Waals surface area contributed by atoms with Crippen molar-refractivity contribution in [2.75, 3.05) is 18.9 Å². The summed E-state index contributed by atoms with van der Waals surface area (Å²) in [5.41, 5.74) is 6.30. The Labute approximate surface area is 119 Å². The highest BCUT2D eigenvalue weighted by atomic mass is 16.5. The fourth-order valence-corrected chi connectivity index (χ4v) is 2.38. The molecule has 1 aromatic carbocycles. The molecule has 5 heteroatoms. The van der Waals surface area contributed by atoms with E-state index in [0.29, 0.717) is 24.9 Å². The van der Waals surface area contributed by atoms with Gasteiger partial charge in [0.15, 0.2) is 0 Å². The third-order valence-corrected chi connectivity index (χ3v) is 3.48. The lowest BCUT2D eigenvalue weighted by Crippen LogP contribution is -2.44. The normalized spacial score (nSPS) is 15.6. The van der Waals surface area contributed by atoms with Gasteiger partial charge in [0.1, 0.15) is 12.4 Å². The standard InChI is InChI=1S/C15H23N3O2/c16-12-6-8-14(9-7-12)20-11-10-17-15(19)18-13-4-2-1-3-5-13/h6-9,13H,1-5,10-11,16H2,(H2,17,18,19). The van der Waals surface area contributed by atoms with E-state index < -0.39 is 0 Å². The minimum absolute atomic E-state index is 0.0993. The maximum absolute atomic E-state index is 11.7. The Hall–Kier alpha value is -1.91. The molecule has 0 heterocycles. The fraction of sp³-hybridized carbons (Fsp3) is 0.533. The predicted octanol–water partition coefficient (Wildman–Crippen LogP) is 2.28. The van der Waals surface area contributed by atoms with Crippen molar-refractivity contribution in [2.24, 2.45) is 0 Å². The van der Waals surface area contributed by atoms with Crippen molar-refractivity contribution in [3.8, 4) is 5.75 Å². The molecule has 0 aliphatic heterocycles. The maximum Gasteiger partial charge on any atom is 0.315 e. The summed E-state index contributed by atoms with van der Waals surface area (Å²) >= 11 is 0. The van der Waals surface area contributed by atoms with E-state index >= 15 is 0 Å². The van der Waals surface area contributed by atoms with Crippen molar-refractivity contribution >= 4 is 11.7 Å². The van der Waals surface area contributed by atoms with Gasteiger partial charge in [-0.2, -0.15) is 0 Å². The molecule has 20 heavy (non-hydrogen) atoms. The first-order valence-corrected chi connectivity index (χ1v) is 7.27. The molecule has 1 fully saturated rings. The van der Waals surface area contributed by atoms with Crippen molar-refractivity contribution < 1.29 is 9.53 Å². The van der Waals surface area contributed by atoms with Crippen LogP contribution in [0.5, 0.6) is 5.75 Å². The second-order valence-corrected chi connectivity index (χ2v) is 5.15. The lowest BCUT2D eigenvalue weighted by molar-refractivity contribution is 0.228. The first-order chi connectivity index (χ1) is 9.74. The van der Waals surface area contributed by atoms with Crippen LogP contribution in [0.25, 0.3) is 0 Å². The van der Waals surface area contributed by atoms with Gasteiger partial charge in [0, 0.05) is 11.7 Å². The number of hydrogen-bond donors (Lipinski definition) is 3. The quantitative estimate of drug-likeness (QED) is 0.571. The van der Waals surface area contributed by atoms with Crippen LogP contribution in [0.4, 0.5) is 10.5 Å². The summed E-state index contributed by atoms with van der Waals surface area (Å²) in [6.45, 7) is 0.935. The number of ether oxygens (including phenoxy) is 1. The van der Waals surface area contributed by atoms with E-state index in [-0.39, 0.29) is 6.03 Å². The highest BCUT2D eigenvalue weighted by molar-refractivity contribution is 5.74. The Kier molecular flexibility index (Phi) is 5.53. The third kappa shape index (κ3) is 4.99. The summed E-state index contributed by atoms with van der Waals surface area (Å²) < 4.78 is 5.50. The first-order valence-electron chi connectivity index (χ1n) is 7.27. The Morgan fingerprint density at radius 3 is 2.60 bits per heavy atom. The lowest BCUT2D eigenvalue weighted by Gasteiger charge is -2.22. The van der Waals surface area contributed by atoms with Gasteiger partial charge in [-0.1, -0.05) is 19.3 Å². The van der Waals surface area contributed by atoms with E-state index in [9.17, 15) is 4.79 Å². The van der Waals surface area contributed by atoms with E-state index in [0.717, 1.165) is 18.6 Å². The lowest BCUT2D eigenvalue weighted by atomic mass is 9.96. The van der Waals surface area contributed by atoms with Gasteiger partial charge in [0.25, 0.3) is 0 Å². The van der Waals surface area contributed by atoms with E-state index in [1.807, 2.05) is 12.1 Å². The molecule has 4 N–H and O–H groups in total. The molecule has 0 aromatic heterocycles. The second-order valence-electron chi connectivity index (χ2n) is 5.15. The zero-order chi connectivity index (χ0) is 14.2. The number of rotatable bonds is 5. The zero-order valence-corrected chi connectivity index (χ0v) is 11.7.